The average molecular weight is 368 g/mol. The first-order chi connectivity index (χ1) is 13.0. The summed E-state index contributed by atoms with van der Waals surface area (Å²) in [4.78, 5) is 41.8. The monoisotopic (exact) mass is 368 g/mol. The number of nitrogens with zero attached hydrogens (tertiary/aromatic N) is 5. The molecular formula is C19H24N6O2. The van der Waals surface area contributed by atoms with Crippen molar-refractivity contribution in [2.24, 2.45) is 5.41 Å². The first-order valence-electron chi connectivity index (χ1n) is 8.97. The van der Waals surface area contributed by atoms with E-state index in [1.54, 1.807) is 49.6 Å². The number of hydrogen-bond acceptors (Lipinski definition) is 6. The van der Waals surface area contributed by atoms with Crippen LogP contribution < -0.4 is 10.2 Å². The van der Waals surface area contributed by atoms with Gasteiger partial charge < -0.3 is 15.1 Å². The molecule has 0 aliphatic carbocycles. The second-order valence-corrected chi connectivity index (χ2v) is 6.99. The summed E-state index contributed by atoms with van der Waals surface area (Å²) in [5.41, 5.74) is -0.184. The zero-order valence-corrected chi connectivity index (χ0v) is 15.6. The van der Waals surface area contributed by atoms with Crippen LogP contribution in [0.15, 0.2) is 43.0 Å². The number of anilines is 1. The number of nitrogens with one attached hydrogen (secondary N) is 1. The molecular weight excluding hydrogens is 344 g/mol. The molecule has 142 valence electrons. The van der Waals surface area contributed by atoms with Crippen LogP contribution in [-0.2, 0) is 16.1 Å². The lowest BCUT2D eigenvalue weighted by molar-refractivity contribution is -0.148. The average Bonchev–Trinajstić information content (AvgIpc) is 2.73. The molecule has 0 atom stereocenters. The largest absolute Gasteiger partial charge is 0.351 e. The number of piperazine rings is 1. The number of carbonyl (C=O) groups excluding carboxylic acids is 2. The Kier molecular flexibility index (Phi) is 5.63. The third kappa shape index (κ3) is 4.39. The highest BCUT2D eigenvalue weighted by atomic mass is 16.2. The second-order valence-electron chi connectivity index (χ2n) is 6.99. The van der Waals surface area contributed by atoms with Crippen molar-refractivity contribution in [2.75, 3.05) is 31.1 Å². The van der Waals surface area contributed by atoms with Crippen LogP contribution in [0.1, 0.15) is 19.4 Å². The number of carbonyl (C=O) groups is 2. The van der Waals surface area contributed by atoms with Crippen LogP contribution in [0.25, 0.3) is 0 Å². The topological polar surface area (TPSA) is 91.3 Å². The Morgan fingerprint density at radius 3 is 2.30 bits per heavy atom. The Hall–Kier alpha value is -3.03. The number of aromatic nitrogens is 3. The summed E-state index contributed by atoms with van der Waals surface area (Å²) in [7, 11) is 0. The Morgan fingerprint density at radius 1 is 1.04 bits per heavy atom. The van der Waals surface area contributed by atoms with Gasteiger partial charge in [0, 0.05) is 57.5 Å². The molecule has 1 fully saturated rings. The second kappa shape index (κ2) is 8.11. The fourth-order valence-corrected chi connectivity index (χ4v) is 2.96. The molecule has 1 N–H and O–H groups in total. The van der Waals surface area contributed by atoms with Crippen LogP contribution >= 0.6 is 0 Å². The van der Waals surface area contributed by atoms with Gasteiger partial charge in [-0.1, -0.05) is 0 Å². The molecule has 27 heavy (non-hydrogen) atoms. The van der Waals surface area contributed by atoms with E-state index in [0.717, 1.165) is 5.56 Å². The first-order valence-corrected chi connectivity index (χ1v) is 8.97. The van der Waals surface area contributed by atoms with Crippen LogP contribution in [0.4, 0.5) is 5.95 Å². The highest BCUT2D eigenvalue weighted by Gasteiger charge is 2.40. The summed E-state index contributed by atoms with van der Waals surface area (Å²) < 4.78 is 0. The summed E-state index contributed by atoms with van der Waals surface area (Å²) in [6, 6.07) is 5.44. The van der Waals surface area contributed by atoms with E-state index in [1.807, 2.05) is 17.0 Å². The van der Waals surface area contributed by atoms with Crippen molar-refractivity contribution in [1.29, 1.82) is 0 Å². The first kappa shape index (κ1) is 18.8. The number of amides is 2. The summed E-state index contributed by atoms with van der Waals surface area (Å²) in [6.45, 7) is 6.08. The Labute approximate surface area is 158 Å². The summed E-state index contributed by atoms with van der Waals surface area (Å²) in [5, 5.41) is 2.85. The molecule has 0 unspecified atom stereocenters. The lowest BCUT2D eigenvalue weighted by atomic mass is 9.90. The van der Waals surface area contributed by atoms with Gasteiger partial charge in [0.15, 0.2) is 0 Å². The number of pyridine rings is 1. The van der Waals surface area contributed by atoms with Gasteiger partial charge in [0.25, 0.3) is 0 Å². The van der Waals surface area contributed by atoms with E-state index in [1.165, 1.54) is 0 Å². The van der Waals surface area contributed by atoms with E-state index in [2.05, 4.69) is 20.3 Å². The minimum Gasteiger partial charge on any atom is -0.351 e. The van der Waals surface area contributed by atoms with Gasteiger partial charge in [-0.25, -0.2) is 9.97 Å². The van der Waals surface area contributed by atoms with E-state index >= 15 is 0 Å². The van der Waals surface area contributed by atoms with E-state index in [0.29, 0.717) is 38.7 Å². The fourth-order valence-electron chi connectivity index (χ4n) is 2.96. The molecule has 0 aromatic carbocycles. The Morgan fingerprint density at radius 2 is 1.67 bits per heavy atom. The Balaban J connectivity index is 1.55. The van der Waals surface area contributed by atoms with E-state index in [9.17, 15) is 9.59 Å². The molecule has 2 aromatic rings. The molecule has 1 aliphatic heterocycles. The standard InChI is InChI=1S/C19H24N6O2/c1-19(2,16(26)23-14-15-4-8-20-9-5-15)17(27)24-10-12-25(13-11-24)18-21-6-3-7-22-18/h3-9H,10-14H2,1-2H3,(H,23,26). The summed E-state index contributed by atoms with van der Waals surface area (Å²) >= 11 is 0. The van der Waals surface area contributed by atoms with Gasteiger partial charge in [0.2, 0.25) is 17.8 Å². The van der Waals surface area contributed by atoms with Crippen molar-refractivity contribution in [1.82, 2.24) is 25.2 Å². The van der Waals surface area contributed by atoms with Gasteiger partial charge in [-0.2, -0.15) is 0 Å². The zero-order chi connectivity index (χ0) is 19.3. The van der Waals surface area contributed by atoms with Gasteiger partial charge in [-0.15, -0.1) is 0 Å². The molecule has 0 bridgehead atoms. The SMILES string of the molecule is CC(C)(C(=O)NCc1ccncc1)C(=O)N1CCN(c2ncccn2)CC1. The van der Waals surface area contributed by atoms with Gasteiger partial charge in [-0.3, -0.25) is 14.6 Å². The van der Waals surface area contributed by atoms with Crippen molar-refractivity contribution in [3.05, 3.63) is 48.5 Å². The molecule has 0 radical (unpaired) electrons. The van der Waals surface area contributed by atoms with E-state index in [-0.39, 0.29) is 11.8 Å². The minimum absolute atomic E-state index is 0.164. The molecule has 1 aliphatic rings. The minimum atomic E-state index is -1.13. The third-order valence-electron chi connectivity index (χ3n) is 4.71. The van der Waals surface area contributed by atoms with E-state index < -0.39 is 5.41 Å². The highest BCUT2D eigenvalue weighted by Crippen LogP contribution is 2.21. The molecule has 1 saturated heterocycles. The molecule has 0 spiro atoms. The van der Waals surface area contributed by atoms with E-state index in [4.69, 9.17) is 0 Å². The van der Waals surface area contributed by atoms with Gasteiger partial charge >= 0.3 is 0 Å². The van der Waals surface area contributed by atoms with Gasteiger partial charge in [-0.05, 0) is 37.6 Å². The van der Waals surface area contributed by atoms with Crippen LogP contribution in [0.3, 0.4) is 0 Å². The van der Waals surface area contributed by atoms with Crippen molar-refractivity contribution in [3.63, 3.8) is 0 Å². The number of rotatable bonds is 5. The van der Waals surface area contributed by atoms with Gasteiger partial charge in [0.05, 0.1) is 0 Å². The predicted molar refractivity (Wildman–Crippen MR) is 101 cm³/mol. The molecule has 2 aromatic heterocycles. The highest BCUT2D eigenvalue weighted by molar-refractivity contribution is 6.04. The summed E-state index contributed by atoms with van der Waals surface area (Å²) in [6.07, 6.45) is 6.76. The number of hydrogen-bond donors (Lipinski definition) is 1. The van der Waals surface area contributed by atoms with Crippen LogP contribution in [0.2, 0.25) is 0 Å². The normalized spacial score (nSPS) is 14.7. The zero-order valence-electron chi connectivity index (χ0n) is 15.6. The lowest BCUT2D eigenvalue weighted by Gasteiger charge is -2.38. The summed E-state index contributed by atoms with van der Waals surface area (Å²) in [5.74, 6) is 0.223. The predicted octanol–water partition coefficient (Wildman–Crippen LogP) is 0.863. The van der Waals surface area contributed by atoms with Crippen molar-refractivity contribution < 1.29 is 9.59 Å². The smallest absolute Gasteiger partial charge is 0.237 e. The molecule has 3 rings (SSSR count). The maximum Gasteiger partial charge on any atom is 0.237 e. The van der Waals surface area contributed by atoms with Crippen molar-refractivity contribution in [3.8, 4) is 0 Å². The van der Waals surface area contributed by atoms with Crippen LogP contribution in [0.5, 0.6) is 0 Å². The van der Waals surface area contributed by atoms with Crippen molar-refractivity contribution >= 4 is 17.8 Å². The van der Waals surface area contributed by atoms with Gasteiger partial charge in [0.1, 0.15) is 5.41 Å². The molecule has 2 amide bonds. The molecule has 8 heteroatoms. The lowest BCUT2D eigenvalue weighted by Crippen LogP contribution is -2.55. The maximum atomic E-state index is 12.9. The van der Waals surface area contributed by atoms with Crippen LogP contribution in [0, 0.1) is 5.41 Å². The third-order valence-corrected chi connectivity index (χ3v) is 4.71. The quantitative estimate of drug-likeness (QED) is 0.787. The fraction of sp³-hybridized carbons (Fsp3) is 0.421. The van der Waals surface area contributed by atoms with Crippen LogP contribution in [-0.4, -0.2) is 57.8 Å². The molecule has 8 nitrogen and oxygen atoms in total. The molecule has 0 saturated carbocycles. The maximum absolute atomic E-state index is 12.9. The Bertz CT molecular complexity index is 773. The molecule has 3 heterocycles. The van der Waals surface area contributed by atoms with Crippen molar-refractivity contribution in [2.45, 2.75) is 20.4 Å².